The second-order valence-electron chi connectivity index (χ2n) is 4.16. The number of hydrogen-bond acceptors (Lipinski definition) is 3. The van der Waals surface area contributed by atoms with Crippen molar-refractivity contribution in [3.8, 4) is 0 Å². The molecule has 0 aromatic heterocycles. The van der Waals surface area contributed by atoms with E-state index in [0.29, 0.717) is 5.56 Å². The molecule has 1 aliphatic carbocycles. The fraction of sp³-hybridized carbons (Fsp3) is 0.455. The third-order valence-electron chi connectivity index (χ3n) is 2.93. The van der Waals surface area contributed by atoms with E-state index in [4.69, 9.17) is 16.7 Å². The third-order valence-corrected chi connectivity index (χ3v) is 5.19. The lowest BCUT2D eigenvalue weighted by Crippen LogP contribution is -2.28. The van der Waals surface area contributed by atoms with Crippen molar-refractivity contribution in [1.82, 2.24) is 4.31 Å². The fourth-order valence-electron chi connectivity index (χ4n) is 1.62. The van der Waals surface area contributed by atoms with Crippen LogP contribution in [0.1, 0.15) is 18.4 Å². The van der Waals surface area contributed by atoms with Crippen LogP contribution in [0.25, 0.3) is 0 Å². The van der Waals surface area contributed by atoms with Gasteiger partial charge in [0.1, 0.15) is 0 Å². The summed E-state index contributed by atoms with van der Waals surface area (Å²) in [6.45, 7) is -0.197. The Labute approximate surface area is 106 Å². The molecule has 0 saturated heterocycles. The van der Waals surface area contributed by atoms with Crippen LogP contribution < -0.4 is 0 Å². The first-order valence-electron chi connectivity index (χ1n) is 5.34. The Balaban J connectivity index is 2.36. The lowest BCUT2D eigenvalue weighted by Gasteiger charge is -2.16. The highest BCUT2D eigenvalue weighted by atomic mass is 35.5. The molecular formula is C11H14ClNO3S. The van der Waals surface area contributed by atoms with Crippen LogP contribution in [0.2, 0.25) is 5.02 Å². The summed E-state index contributed by atoms with van der Waals surface area (Å²) in [6.07, 6.45) is 1.83. The second-order valence-corrected chi connectivity index (χ2v) is 6.57. The molecule has 0 bridgehead atoms. The molecule has 6 heteroatoms. The minimum Gasteiger partial charge on any atom is -0.392 e. The summed E-state index contributed by atoms with van der Waals surface area (Å²) >= 11 is 5.89. The second kappa shape index (κ2) is 4.57. The molecule has 1 aromatic rings. The zero-order chi connectivity index (χ0) is 12.6. The van der Waals surface area contributed by atoms with Gasteiger partial charge in [-0.3, -0.25) is 0 Å². The van der Waals surface area contributed by atoms with Crippen molar-refractivity contribution in [2.45, 2.75) is 30.4 Å². The number of nitrogens with zero attached hydrogens (tertiary/aromatic N) is 1. The molecule has 4 nitrogen and oxygen atoms in total. The number of aliphatic hydroxyl groups is 1. The Morgan fingerprint density at radius 1 is 1.47 bits per heavy atom. The Bertz CT molecular complexity index is 526. The van der Waals surface area contributed by atoms with Crippen LogP contribution in [0.3, 0.4) is 0 Å². The maximum Gasteiger partial charge on any atom is 0.243 e. The maximum absolute atomic E-state index is 12.2. The largest absolute Gasteiger partial charge is 0.392 e. The van der Waals surface area contributed by atoms with Crippen molar-refractivity contribution in [2.24, 2.45) is 0 Å². The number of sulfonamides is 1. The van der Waals surface area contributed by atoms with Crippen molar-refractivity contribution in [1.29, 1.82) is 0 Å². The van der Waals surface area contributed by atoms with Crippen LogP contribution >= 0.6 is 11.6 Å². The summed E-state index contributed by atoms with van der Waals surface area (Å²) in [7, 11) is -1.87. The predicted molar refractivity (Wildman–Crippen MR) is 65.3 cm³/mol. The fourth-order valence-corrected chi connectivity index (χ4v) is 3.37. The van der Waals surface area contributed by atoms with Gasteiger partial charge < -0.3 is 5.11 Å². The molecule has 0 spiro atoms. The normalized spacial score (nSPS) is 16.5. The average Bonchev–Trinajstić information content (AvgIpc) is 3.11. The molecule has 0 amide bonds. The Kier molecular flexibility index (Phi) is 3.45. The van der Waals surface area contributed by atoms with Gasteiger partial charge in [-0.05, 0) is 30.5 Å². The molecule has 94 valence electrons. The Morgan fingerprint density at radius 2 is 2.12 bits per heavy atom. The monoisotopic (exact) mass is 275 g/mol. The molecule has 1 fully saturated rings. The van der Waals surface area contributed by atoms with E-state index in [1.807, 2.05) is 0 Å². The van der Waals surface area contributed by atoms with Gasteiger partial charge in [0.05, 0.1) is 11.5 Å². The molecule has 2 rings (SSSR count). The first kappa shape index (κ1) is 12.8. The molecule has 1 aliphatic rings. The molecule has 17 heavy (non-hydrogen) atoms. The van der Waals surface area contributed by atoms with E-state index in [1.165, 1.54) is 22.5 Å². The minimum atomic E-state index is -3.46. The lowest BCUT2D eigenvalue weighted by molar-refractivity contribution is 0.282. The van der Waals surface area contributed by atoms with E-state index >= 15 is 0 Å². The molecule has 1 aromatic carbocycles. The van der Waals surface area contributed by atoms with Gasteiger partial charge in [0.25, 0.3) is 0 Å². The van der Waals surface area contributed by atoms with E-state index in [-0.39, 0.29) is 22.6 Å². The first-order valence-corrected chi connectivity index (χ1v) is 7.16. The minimum absolute atomic E-state index is 0.122. The lowest BCUT2D eigenvalue weighted by atomic mass is 10.2. The zero-order valence-corrected chi connectivity index (χ0v) is 11.0. The maximum atomic E-state index is 12.2. The quantitative estimate of drug-likeness (QED) is 0.908. The molecule has 0 unspecified atom stereocenters. The first-order chi connectivity index (χ1) is 7.96. The van der Waals surface area contributed by atoms with Gasteiger partial charge in [0.15, 0.2) is 0 Å². The Hall–Kier alpha value is -0.620. The number of benzene rings is 1. The van der Waals surface area contributed by atoms with Crippen LogP contribution in [0.5, 0.6) is 0 Å². The highest BCUT2D eigenvalue weighted by Crippen LogP contribution is 2.31. The van der Waals surface area contributed by atoms with E-state index in [2.05, 4.69) is 0 Å². The summed E-state index contributed by atoms with van der Waals surface area (Å²) in [5, 5.41) is 9.25. The van der Waals surface area contributed by atoms with Crippen molar-refractivity contribution >= 4 is 21.6 Å². The van der Waals surface area contributed by atoms with E-state index < -0.39 is 10.0 Å². The molecule has 0 radical (unpaired) electrons. The van der Waals surface area contributed by atoms with Gasteiger partial charge in [-0.2, -0.15) is 4.31 Å². The molecule has 0 aliphatic heterocycles. The number of halogens is 1. The molecule has 1 N–H and O–H groups in total. The third kappa shape index (κ3) is 2.47. The number of aliphatic hydroxyl groups excluding tert-OH is 1. The van der Waals surface area contributed by atoms with Gasteiger partial charge >= 0.3 is 0 Å². The molecule has 1 saturated carbocycles. The van der Waals surface area contributed by atoms with Crippen LogP contribution in [0.15, 0.2) is 23.1 Å². The van der Waals surface area contributed by atoms with E-state index in [0.717, 1.165) is 12.8 Å². The van der Waals surface area contributed by atoms with Crippen LogP contribution in [-0.2, 0) is 16.6 Å². The average molecular weight is 276 g/mol. The summed E-state index contributed by atoms with van der Waals surface area (Å²) in [5.74, 6) is 0. The topological polar surface area (TPSA) is 57.6 Å². The summed E-state index contributed by atoms with van der Waals surface area (Å²) in [6, 6.07) is 4.53. The van der Waals surface area contributed by atoms with Crippen LogP contribution in [0, 0.1) is 0 Å². The van der Waals surface area contributed by atoms with Gasteiger partial charge in [0, 0.05) is 18.1 Å². The van der Waals surface area contributed by atoms with Gasteiger partial charge in [0.2, 0.25) is 10.0 Å². The molecule has 0 atom stereocenters. The highest BCUT2D eigenvalue weighted by Gasteiger charge is 2.35. The standard InChI is InChI=1S/C11H14ClNO3S/c1-13(9-3-4-9)17(15,16)10-5-2-8(7-14)11(12)6-10/h2,5-6,9,14H,3-4,7H2,1H3. The van der Waals surface area contributed by atoms with Crippen molar-refractivity contribution < 1.29 is 13.5 Å². The van der Waals surface area contributed by atoms with Crippen LogP contribution in [-0.4, -0.2) is 30.9 Å². The van der Waals surface area contributed by atoms with E-state index in [1.54, 1.807) is 7.05 Å². The molecular weight excluding hydrogens is 262 g/mol. The van der Waals surface area contributed by atoms with Crippen molar-refractivity contribution in [2.75, 3.05) is 7.05 Å². The summed E-state index contributed by atoms with van der Waals surface area (Å²) in [5.41, 5.74) is 0.527. The zero-order valence-electron chi connectivity index (χ0n) is 9.43. The van der Waals surface area contributed by atoms with Crippen molar-refractivity contribution in [3.63, 3.8) is 0 Å². The highest BCUT2D eigenvalue weighted by molar-refractivity contribution is 7.89. The smallest absolute Gasteiger partial charge is 0.243 e. The summed E-state index contributed by atoms with van der Waals surface area (Å²) < 4.78 is 25.7. The summed E-state index contributed by atoms with van der Waals surface area (Å²) in [4.78, 5) is 0.175. The van der Waals surface area contributed by atoms with Gasteiger partial charge in [-0.15, -0.1) is 0 Å². The predicted octanol–water partition coefficient (Wildman–Crippen LogP) is 1.62. The van der Waals surface area contributed by atoms with Crippen molar-refractivity contribution in [3.05, 3.63) is 28.8 Å². The van der Waals surface area contributed by atoms with Gasteiger partial charge in [-0.1, -0.05) is 17.7 Å². The van der Waals surface area contributed by atoms with Crippen LogP contribution in [0.4, 0.5) is 0 Å². The SMILES string of the molecule is CN(C1CC1)S(=O)(=O)c1ccc(CO)c(Cl)c1. The number of hydrogen-bond donors (Lipinski definition) is 1. The molecule has 0 heterocycles. The van der Waals surface area contributed by atoms with E-state index in [9.17, 15) is 8.42 Å². The Morgan fingerprint density at radius 3 is 2.59 bits per heavy atom. The number of rotatable bonds is 4. The van der Waals surface area contributed by atoms with Gasteiger partial charge in [-0.25, -0.2) is 8.42 Å².